The lowest BCUT2D eigenvalue weighted by molar-refractivity contribution is 0.0947. The molecule has 1 amide bonds. The molecule has 1 N–H and O–H groups in total. The number of para-hydroxylation sites is 1. The largest absolute Gasteiger partial charge is 0.493 e. The molecule has 0 fully saturated rings. The smallest absolute Gasteiger partial charge is 0.278 e. The van der Waals surface area contributed by atoms with Crippen LogP contribution in [0.4, 0.5) is 0 Å². The van der Waals surface area contributed by atoms with Gasteiger partial charge in [0.1, 0.15) is 11.5 Å². The van der Waals surface area contributed by atoms with Crippen LogP contribution in [0, 0.1) is 0 Å². The highest BCUT2D eigenvalue weighted by molar-refractivity contribution is 7.11. The standard InChI is InChI=1S/C19H18N2O3S/c1-2-23-17-6-4-3-5-16(17)18(22)21-13-14-7-9-15(10-8-14)24-19-20-11-12-25-19/h3-12H,2,13H2,1H3,(H,21,22). The minimum atomic E-state index is -0.160. The summed E-state index contributed by atoms with van der Waals surface area (Å²) in [5.74, 6) is 1.15. The molecule has 25 heavy (non-hydrogen) atoms. The molecule has 0 unspecified atom stereocenters. The summed E-state index contributed by atoms with van der Waals surface area (Å²) < 4.78 is 11.1. The minimum absolute atomic E-state index is 0.160. The van der Waals surface area contributed by atoms with E-state index < -0.39 is 0 Å². The number of nitrogens with one attached hydrogen (secondary N) is 1. The van der Waals surface area contributed by atoms with Crippen molar-refractivity contribution in [3.05, 3.63) is 71.2 Å². The van der Waals surface area contributed by atoms with E-state index in [1.165, 1.54) is 11.3 Å². The number of carbonyl (C=O) groups is 1. The number of aromatic nitrogens is 1. The Morgan fingerprint density at radius 2 is 1.96 bits per heavy atom. The Hall–Kier alpha value is -2.86. The van der Waals surface area contributed by atoms with Gasteiger partial charge in [0.25, 0.3) is 11.1 Å². The molecule has 2 aromatic carbocycles. The van der Waals surface area contributed by atoms with E-state index in [2.05, 4.69) is 10.3 Å². The number of benzene rings is 2. The van der Waals surface area contributed by atoms with Crippen molar-refractivity contribution in [2.24, 2.45) is 0 Å². The van der Waals surface area contributed by atoms with Gasteiger partial charge in [0.15, 0.2) is 0 Å². The Bertz CT molecular complexity index is 817. The molecule has 0 spiro atoms. The summed E-state index contributed by atoms with van der Waals surface area (Å²) in [6, 6.07) is 14.8. The van der Waals surface area contributed by atoms with E-state index in [9.17, 15) is 4.79 Å². The zero-order chi connectivity index (χ0) is 17.5. The van der Waals surface area contributed by atoms with E-state index in [4.69, 9.17) is 9.47 Å². The second-order valence-corrected chi connectivity index (χ2v) is 6.01. The molecule has 0 saturated carbocycles. The number of thiazole rings is 1. The zero-order valence-corrected chi connectivity index (χ0v) is 14.6. The quantitative estimate of drug-likeness (QED) is 0.688. The molecule has 0 saturated heterocycles. The summed E-state index contributed by atoms with van der Waals surface area (Å²) in [6.07, 6.45) is 1.70. The fourth-order valence-corrected chi connectivity index (χ4v) is 2.75. The average Bonchev–Trinajstić information content (AvgIpc) is 3.15. The van der Waals surface area contributed by atoms with E-state index in [-0.39, 0.29) is 5.91 Å². The van der Waals surface area contributed by atoms with Crippen LogP contribution in [0.5, 0.6) is 16.7 Å². The van der Waals surface area contributed by atoms with Crippen molar-refractivity contribution < 1.29 is 14.3 Å². The lowest BCUT2D eigenvalue weighted by atomic mass is 10.1. The maximum atomic E-state index is 12.4. The fourth-order valence-electron chi connectivity index (χ4n) is 2.25. The second-order valence-electron chi connectivity index (χ2n) is 5.16. The van der Waals surface area contributed by atoms with Gasteiger partial charge < -0.3 is 14.8 Å². The molecule has 0 aliphatic carbocycles. The van der Waals surface area contributed by atoms with Crippen molar-refractivity contribution in [3.8, 4) is 16.7 Å². The van der Waals surface area contributed by atoms with Gasteiger partial charge in [-0.2, -0.15) is 0 Å². The first kappa shape index (κ1) is 17.0. The monoisotopic (exact) mass is 354 g/mol. The highest BCUT2D eigenvalue weighted by Gasteiger charge is 2.11. The summed E-state index contributed by atoms with van der Waals surface area (Å²) >= 11 is 1.44. The lowest BCUT2D eigenvalue weighted by Crippen LogP contribution is -2.23. The molecular formula is C19H18N2O3S. The molecule has 0 atom stereocenters. The molecule has 5 nitrogen and oxygen atoms in total. The molecular weight excluding hydrogens is 336 g/mol. The topological polar surface area (TPSA) is 60.5 Å². The number of nitrogens with zero attached hydrogens (tertiary/aromatic N) is 1. The van der Waals surface area contributed by atoms with Crippen LogP contribution in [-0.2, 0) is 6.54 Å². The Kier molecular flexibility index (Phi) is 5.64. The van der Waals surface area contributed by atoms with Gasteiger partial charge in [-0.05, 0) is 36.8 Å². The molecule has 0 aliphatic heterocycles. The van der Waals surface area contributed by atoms with Gasteiger partial charge in [-0.3, -0.25) is 4.79 Å². The molecule has 3 rings (SSSR count). The highest BCUT2D eigenvalue weighted by atomic mass is 32.1. The van der Waals surface area contributed by atoms with Gasteiger partial charge in [0, 0.05) is 18.1 Å². The third-order valence-electron chi connectivity index (χ3n) is 3.42. The molecule has 1 heterocycles. The van der Waals surface area contributed by atoms with E-state index in [1.807, 2.05) is 48.7 Å². The predicted octanol–water partition coefficient (Wildman–Crippen LogP) is 4.26. The molecule has 1 aromatic heterocycles. The van der Waals surface area contributed by atoms with Gasteiger partial charge >= 0.3 is 0 Å². The Labute approximate surface area is 150 Å². The van der Waals surface area contributed by atoms with Gasteiger partial charge in [0.2, 0.25) is 0 Å². The summed E-state index contributed by atoms with van der Waals surface area (Å²) in [5, 5.41) is 5.37. The van der Waals surface area contributed by atoms with Crippen LogP contribution in [0.2, 0.25) is 0 Å². The maximum Gasteiger partial charge on any atom is 0.278 e. The lowest BCUT2D eigenvalue weighted by Gasteiger charge is -2.10. The Morgan fingerprint density at radius 1 is 1.16 bits per heavy atom. The van der Waals surface area contributed by atoms with E-state index in [1.54, 1.807) is 18.3 Å². The van der Waals surface area contributed by atoms with Crippen LogP contribution in [0.3, 0.4) is 0 Å². The predicted molar refractivity (Wildman–Crippen MR) is 97.4 cm³/mol. The average molecular weight is 354 g/mol. The number of hydrogen-bond acceptors (Lipinski definition) is 5. The molecule has 0 radical (unpaired) electrons. The summed E-state index contributed by atoms with van der Waals surface area (Å²) in [5.41, 5.74) is 1.52. The third kappa shape index (κ3) is 4.58. The van der Waals surface area contributed by atoms with Crippen molar-refractivity contribution in [2.75, 3.05) is 6.61 Å². The SMILES string of the molecule is CCOc1ccccc1C(=O)NCc1ccc(Oc2nccs2)cc1. The number of hydrogen-bond donors (Lipinski definition) is 1. The van der Waals surface area contributed by atoms with E-state index in [0.29, 0.717) is 35.4 Å². The van der Waals surface area contributed by atoms with Crippen LogP contribution in [-0.4, -0.2) is 17.5 Å². The zero-order valence-electron chi connectivity index (χ0n) is 13.8. The maximum absolute atomic E-state index is 12.4. The first-order valence-corrected chi connectivity index (χ1v) is 8.80. The number of carbonyl (C=O) groups excluding carboxylic acids is 1. The van der Waals surface area contributed by atoms with Crippen molar-refractivity contribution in [1.82, 2.24) is 10.3 Å². The molecule has 0 bridgehead atoms. The van der Waals surface area contributed by atoms with Crippen LogP contribution >= 0.6 is 11.3 Å². The fraction of sp³-hybridized carbons (Fsp3) is 0.158. The minimum Gasteiger partial charge on any atom is -0.493 e. The molecule has 3 aromatic rings. The third-order valence-corrected chi connectivity index (χ3v) is 4.07. The normalized spacial score (nSPS) is 10.3. The van der Waals surface area contributed by atoms with Crippen molar-refractivity contribution in [3.63, 3.8) is 0 Å². The highest BCUT2D eigenvalue weighted by Crippen LogP contribution is 2.23. The molecule has 0 aliphatic rings. The molecule has 128 valence electrons. The second kappa shape index (κ2) is 8.30. The van der Waals surface area contributed by atoms with Crippen molar-refractivity contribution >= 4 is 17.2 Å². The van der Waals surface area contributed by atoms with Crippen LogP contribution in [0.1, 0.15) is 22.8 Å². The van der Waals surface area contributed by atoms with Gasteiger partial charge in [-0.15, -0.1) is 0 Å². The first-order valence-electron chi connectivity index (χ1n) is 7.92. The summed E-state index contributed by atoms with van der Waals surface area (Å²) in [6.45, 7) is 2.84. The van der Waals surface area contributed by atoms with Crippen LogP contribution in [0.25, 0.3) is 0 Å². The first-order chi connectivity index (χ1) is 12.3. The van der Waals surface area contributed by atoms with Crippen LogP contribution < -0.4 is 14.8 Å². The summed E-state index contributed by atoms with van der Waals surface area (Å²) in [7, 11) is 0. The van der Waals surface area contributed by atoms with Gasteiger partial charge in [0.05, 0.1) is 12.2 Å². The van der Waals surface area contributed by atoms with Gasteiger partial charge in [-0.1, -0.05) is 35.6 Å². The Balaban J connectivity index is 1.59. The van der Waals surface area contributed by atoms with Crippen molar-refractivity contribution in [2.45, 2.75) is 13.5 Å². The van der Waals surface area contributed by atoms with Crippen LogP contribution in [0.15, 0.2) is 60.1 Å². The van der Waals surface area contributed by atoms with E-state index in [0.717, 1.165) is 5.56 Å². The number of ether oxygens (including phenoxy) is 2. The Morgan fingerprint density at radius 3 is 2.68 bits per heavy atom. The number of rotatable bonds is 7. The van der Waals surface area contributed by atoms with E-state index >= 15 is 0 Å². The van der Waals surface area contributed by atoms with Crippen molar-refractivity contribution in [1.29, 1.82) is 0 Å². The van der Waals surface area contributed by atoms with Gasteiger partial charge in [-0.25, -0.2) is 4.98 Å². The number of amides is 1. The molecule has 6 heteroatoms. The summed E-state index contributed by atoms with van der Waals surface area (Å²) in [4.78, 5) is 16.4.